The first-order chi connectivity index (χ1) is 15.1. The maximum atomic E-state index is 14.1. The van der Waals surface area contributed by atoms with Crippen molar-refractivity contribution < 1.29 is 18.7 Å². The van der Waals surface area contributed by atoms with Crippen LogP contribution in [0.4, 0.5) is 10.1 Å². The van der Waals surface area contributed by atoms with E-state index in [2.05, 4.69) is 10.3 Å². The minimum atomic E-state index is -0.376. The van der Waals surface area contributed by atoms with Crippen molar-refractivity contribution in [2.75, 3.05) is 32.6 Å². The number of anilines is 1. The summed E-state index contributed by atoms with van der Waals surface area (Å²) in [5, 5.41) is 3.93. The van der Waals surface area contributed by atoms with Crippen molar-refractivity contribution in [2.45, 2.75) is 25.8 Å². The van der Waals surface area contributed by atoms with Crippen molar-refractivity contribution in [2.24, 2.45) is 0 Å². The Kier molecular flexibility index (Phi) is 6.21. The van der Waals surface area contributed by atoms with Crippen LogP contribution in [0.2, 0.25) is 0 Å². The maximum absolute atomic E-state index is 14.1. The van der Waals surface area contributed by atoms with E-state index in [0.717, 1.165) is 37.9 Å². The molecule has 1 N–H and O–H groups in total. The van der Waals surface area contributed by atoms with Crippen LogP contribution in [-0.4, -0.2) is 43.1 Å². The number of rotatable bonds is 6. The number of piperidine rings is 1. The van der Waals surface area contributed by atoms with Crippen molar-refractivity contribution in [3.8, 4) is 11.5 Å². The third-order valence-electron chi connectivity index (χ3n) is 5.65. The van der Waals surface area contributed by atoms with Crippen LogP contribution in [0.3, 0.4) is 0 Å². The van der Waals surface area contributed by atoms with E-state index in [1.54, 1.807) is 26.5 Å². The predicted molar refractivity (Wildman–Crippen MR) is 118 cm³/mol. The summed E-state index contributed by atoms with van der Waals surface area (Å²) in [6.07, 6.45) is 4.70. The Labute approximate surface area is 181 Å². The summed E-state index contributed by atoms with van der Waals surface area (Å²) in [6.45, 7) is 1.82. The van der Waals surface area contributed by atoms with Gasteiger partial charge in [-0.05, 0) is 55.7 Å². The van der Waals surface area contributed by atoms with E-state index in [0.29, 0.717) is 40.2 Å². The van der Waals surface area contributed by atoms with Crippen molar-refractivity contribution in [3.05, 3.63) is 59.5 Å². The van der Waals surface area contributed by atoms with E-state index in [9.17, 15) is 9.18 Å². The lowest BCUT2D eigenvalue weighted by Crippen LogP contribution is -2.36. The third-order valence-corrected chi connectivity index (χ3v) is 5.65. The van der Waals surface area contributed by atoms with E-state index in [-0.39, 0.29) is 11.7 Å². The highest BCUT2D eigenvalue weighted by molar-refractivity contribution is 6.07. The molecular formula is C24H26FN3O3. The molecule has 2 heterocycles. The molecule has 0 saturated carbocycles. The van der Waals surface area contributed by atoms with Gasteiger partial charge in [-0.2, -0.15) is 0 Å². The highest BCUT2D eigenvalue weighted by Gasteiger charge is 2.23. The van der Waals surface area contributed by atoms with Crippen molar-refractivity contribution in [1.29, 1.82) is 0 Å². The number of fused-ring (bicyclic) bond motifs is 1. The van der Waals surface area contributed by atoms with Gasteiger partial charge in [-0.1, -0.05) is 0 Å². The lowest BCUT2D eigenvalue weighted by molar-refractivity contribution is 0.0725. The monoisotopic (exact) mass is 423 g/mol. The van der Waals surface area contributed by atoms with Gasteiger partial charge in [0.25, 0.3) is 5.91 Å². The number of hydrogen-bond donors (Lipinski definition) is 1. The summed E-state index contributed by atoms with van der Waals surface area (Å²) in [5.74, 6) is 0.937. The highest BCUT2D eigenvalue weighted by Crippen LogP contribution is 2.31. The normalized spacial score (nSPS) is 13.8. The number of hydrogen-bond acceptors (Lipinski definition) is 5. The SMILES string of the molecule is COc1ccc(OC)c(CNc2c(C(=O)N3CCCCC3)cnc3ccc(F)cc23)c1. The fraction of sp³-hybridized carbons (Fsp3) is 0.333. The molecule has 0 spiro atoms. The summed E-state index contributed by atoms with van der Waals surface area (Å²) in [7, 11) is 3.21. The van der Waals surface area contributed by atoms with E-state index in [1.807, 2.05) is 23.1 Å². The number of methoxy groups -OCH3 is 2. The van der Waals surface area contributed by atoms with Crippen LogP contribution < -0.4 is 14.8 Å². The molecule has 31 heavy (non-hydrogen) atoms. The predicted octanol–water partition coefficient (Wildman–Crippen LogP) is 4.63. The highest BCUT2D eigenvalue weighted by atomic mass is 19.1. The second kappa shape index (κ2) is 9.20. The molecule has 1 aliphatic heterocycles. The Balaban J connectivity index is 1.74. The topological polar surface area (TPSA) is 63.7 Å². The first-order valence-electron chi connectivity index (χ1n) is 10.4. The molecule has 1 saturated heterocycles. The van der Waals surface area contributed by atoms with Crippen LogP contribution in [0.5, 0.6) is 11.5 Å². The van der Waals surface area contributed by atoms with Crippen LogP contribution in [0, 0.1) is 5.82 Å². The molecule has 162 valence electrons. The van der Waals surface area contributed by atoms with Crippen LogP contribution in [-0.2, 0) is 6.54 Å². The van der Waals surface area contributed by atoms with Gasteiger partial charge in [0.05, 0.1) is 31.0 Å². The van der Waals surface area contributed by atoms with Gasteiger partial charge in [-0.25, -0.2) is 4.39 Å². The number of nitrogens with one attached hydrogen (secondary N) is 1. The average Bonchev–Trinajstić information content (AvgIpc) is 2.82. The molecule has 1 amide bonds. The quantitative estimate of drug-likeness (QED) is 0.626. The number of halogens is 1. The lowest BCUT2D eigenvalue weighted by Gasteiger charge is -2.28. The summed E-state index contributed by atoms with van der Waals surface area (Å²) in [6, 6.07) is 9.95. The number of nitrogens with zero attached hydrogens (tertiary/aromatic N) is 2. The van der Waals surface area contributed by atoms with Gasteiger partial charge >= 0.3 is 0 Å². The van der Waals surface area contributed by atoms with Gasteiger partial charge in [0, 0.05) is 36.8 Å². The zero-order valence-corrected chi connectivity index (χ0v) is 17.8. The van der Waals surface area contributed by atoms with Crippen molar-refractivity contribution in [1.82, 2.24) is 9.88 Å². The van der Waals surface area contributed by atoms with Crippen molar-refractivity contribution >= 4 is 22.5 Å². The number of pyridine rings is 1. The molecule has 1 aliphatic rings. The maximum Gasteiger partial charge on any atom is 0.257 e. The Morgan fingerprint density at radius 3 is 2.65 bits per heavy atom. The van der Waals surface area contributed by atoms with Crippen LogP contribution in [0.15, 0.2) is 42.6 Å². The van der Waals surface area contributed by atoms with Gasteiger partial charge in [0.15, 0.2) is 0 Å². The summed E-state index contributed by atoms with van der Waals surface area (Å²) in [4.78, 5) is 19.6. The Bertz CT molecular complexity index is 1100. The Hall–Kier alpha value is -3.35. The van der Waals surface area contributed by atoms with Gasteiger partial charge < -0.3 is 19.7 Å². The molecule has 0 unspecified atom stereocenters. The minimum absolute atomic E-state index is 0.0848. The Morgan fingerprint density at radius 2 is 1.90 bits per heavy atom. The van der Waals surface area contributed by atoms with Crippen molar-refractivity contribution in [3.63, 3.8) is 0 Å². The summed E-state index contributed by atoms with van der Waals surface area (Å²) >= 11 is 0. The largest absolute Gasteiger partial charge is 0.497 e. The minimum Gasteiger partial charge on any atom is -0.497 e. The standard InChI is InChI=1S/C24H26FN3O3/c1-30-18-7-9-22(31-2)16(12-18)14-27-23-19-13-17(25)6-8-21(19)26-15-20(23)24(29)28-10-4-3-5-11-28/h6-9,12-13,15H,3-5,10-11,14H2,1-2H3,(H,26,27). The number of ether oxygens (including phenoxy) is 2. The molecule has 0 radical (unpaired) electrons. The number of benzene rings is 2. The first kappa shape index (κ1) is 20.9. The smallest absolute Gasteiger partial charge is 0.257 e. The van der Waals surface area contributed by atoms with Crippen LogP contribution >= 0.6 is 0 Å². The van der Waals surface area contributed by atoms with Gasteiger partial charge in [0.1, 0.15) is 17.3 Å². The molecule has 1 fully saturated rings. The second-order valence-corrected chi connectivity index (χ2v) is 7.59. The fourth-order valence-corrected chi connectivity index (χ4v) is 3.99. The van der Waals surface area contributed by atoms with E-state index >= 15 is 0 Å². The molecule has 3 aromatic rings. The first-order valence-corrected chi connectivity index (χ1v) is 10.4. The molecule has 7 heteroatoms. The second-order valence-electron chi connectivity index (χ2n) is 7.59. The number of likely N-dealkylation sites (tertiary alicyclic amines) is 1. The van der Waals surface area contributed by atoms with E-state index in [1.165, 1.54) is 12.1 Å². The molecule has 1 aromatic heterocycles. The molecule has 0 atom stereocenters. The van der Waals surface area contributed by atoms with E-state index in [4.69, 9.17) is 9.47 Å². The molecule has 0 bridgehead atoms. The lowest BCUT2D eigenvalue weighted by atomic mass is 10.1. The van der Waals surface area contributed by atoms with Gasteiger partial charge in [0.2, 0.25) is 0 Å². The van der Waals surface area contributed by atoms with Gasteiger partial charge in [-0.3, -0.25) is 9.78 Å². The average molecular weight is 423 g/mol. The summed E-state index contributed by atoms with van der Waals surface area (Å²) in [5.41, 5.74) is 2.50. The Morgan fingerprint density at radius 1 is 1.10 bits per heavy atom. The molecule has 6 nitrogen and oxygen atoms in total. The van der Waals surface area contributed by atoms with Crippen LogP contribution in [0.1, 0.15) is 35.2 Å². The molecule has 2 aromatic carbocycles. The van der Waals surface area contributed by atoms with Crippen LogP contribution in [0.25, 0.3) is 10.9 Å². The zero-order valence-electron chi connectivity index (χ0n) is 17.8. The molecule has 4 rings (SSSR count). The number of carbonyl (C=O) groups is 1. The zero-order chi connectivity index (χ0) is 21.8. The summed E-state index contributed by atoms with van der Waals surface area (Å²) < 4.78 is 24.9. The fourth-order valence-electron chi connectivity index (χ4n) is 3.99. The number of amides is 1. The number of carbonyl (C=O) groups excluding carboxylic acids is 1. The number of aromatic nitrogens is 1. The third kappa shape index (κ3) is 4.40. The molecular weight excluding hydrogens is 397 g/mol. The van der Waals surface area contributed by atoms with Gasteiger partial charge in [-0.15, -0.1) is 0 Å². The van der Waals surface area contributed by atoms with E-state index < -0.39 is 0 Å². The molecule has 0 aliphatic carbocycles.